The zero-order valence-electron chi connectivity index (χ0n) is 19.9. The maximum Gasteiger partial charge on any atom is 0.319 e. The molecule has 7 heteroatoms. The summed E-state index contributed by atoms with van der Waals surface area (Å²) in [7, 11) is 0. The van der Waals surface area contributed by atoms with E-state index in [9.17, 15) is 14.0 Å². The Hall–Kier alpha value is -2.77. The van der Waals surface area contributed by atoms with Crippen molar-refractivity contribution < 1.29 is 14.0 Å². The molecule has 3 N–H and O–H groups in total. The van der Waals surface area contributed by atoms with Gasteiger partial charge < -0.3 is 20.9 Å². The molecule has 2 heterocycles. The van der Waals surface area contributed by atoms with Crippen LogP contribution in [0.4, 0.5) is 14.9 Å². The van der Waals surface area contributed by atoms with Crippen LogP contribution in [0.15, 0.2) is 48.5 Å². The van der Waals surface area contributed by atoms with Gasteiger partial charge in [-0.2, -0.15) is 0 Å². The molecule has 0 bridgehead atoms. The van der Waals surface area contributed by atoms with Gasteiger partial charge in [-0.3, -0.25) is 4.79 Å². The molecule has 2 fully saturated rings. The number of benzene rings is 2. The van der Waals surface area contributed by atoms with Gasteiger partial charge in [-0.1, -0.05) is 24.3 Å². The Morgan fingerprint density at radius 1 is 1.15 bits per heavy atom. The number of nitrogens with zero attached hydrogens (tertiary/aromatic N) is 1. The predicted molar refractivity (Wildman–Crippen MR) is 133 cm³/mol. The summed E-state index contributed by atoms with van der Waals surface area (Å²) in [5.41, 5.74) is 2.39. The summed E-state index contributed by atoms with van der Waals surface area (Å²) in [6.07, 6.45) is 4.22. The van der Waals surface area contributed by atoms with Gasteiger partial charge in [0.15, 0.2) is 5.78 Å². The zero-order valence-corrected chi connectivity index (χ0v) is 19.9. The van der Waals surface area contributed by atoms with Crippen molar-refractivity contribution in [2.75, 3.05) is 38.0 Å². The van der Waals surface area contributed by atoms with Crippen molar-refractivity contribution in [3.63, 3.8) is 0 Å². The average molecular weight is 467 g/mol. The topological polar surface area (TPSA) is 73.5 Å². The van der Waals surface area contributed by atoms with Crippen molar-refractivity contribution >= 4 is 17.5 Å². The molecule has 0 aromatic heterocycles. The smallest absolute Gasteiger partial charge is 0.319 e. The molecule has 2 aromatic carbocycles. The van der Waals surface area contributed by atoms with Gasteiger partial charge in [0.2, 0.25) is 0 Å². The lowest BCUT2D eigenvalue weighted by Crippen LogP contribution is -2.54. The third-order valence-corrected chi connectivity index (χ3v) is 6.98. The van der Waals surface area contributed by atoms with Gasteiger partial charge in [-0.15, -0.1) is 0 Å². The Labute approximate surface area is 201 Å². The number of ketones is 1. The minimum Gasteiger partial charge on any atom is -0.335 e. The first-order valence-corrected chi connectivity index (χ1v) is 12.3. The van der Waals surface area contributed by atoms with Crippen LogP contribution < -0.4 is 16.0 Å². The molecule has 2 aromatic rings. The predicted octanol–water partition coefficient (Wildman–Crippen LogP) is 4.08. The number of carbonyl (C=O) groups is 2. The number of hydrogen-bond donors (Lipinski definition) is 3. The second-order valence-corrected chi connectivity index (χ2v) is 9.69. The normalized spacial score (nSPS) is 23.3. The Bertz CT molecular complexity index is 981. The van der Waals surface area contributed by atoms with E-state index in [2.05, 4.69) is 20.9 Å². The van der Waals surface area contributed by atoms with Crippen LogP contribution in [0, 0.1) is 17.7 Å². The minimum absolute atomic E-state index is 0.0262. The van der Waals surface area contributed by atoms with Crippen molar-refractivity contribution in [1.29, 1.82) is 0 Å². The second-order valence-electron chi connectivity index (χ2n) is 9.69. The molecule has 2 aliphatic rings. The van der Waals surface area contributed by atoms with Gasteiger partial charge in [0.1, 0.15) is 5.82 Å². The number of carbonyl (C=O) groups excluding carboxylic acids is 2. The molecule has 2 saturated heterocycles. The maximum absolute atomic E-state index is 13.2. The van der Waals surface area contributed by atoms with Gasteiger partial charge >= 0.3 is 6.03 Å². The van der Waals surface area contributed by atoms with E-state index in [-0.39, 0.29) is 23.7 Å². The highest BCUT2D eigenvalue weighted by Gasteiger charge is 2.30. The van der Waals surface area contributed by atoms with Crippen LogP contribution in [0.25, 0.3) is 0 Å². The number of rotatable bonds is 7. The monoisotopic (exact) mass is 466 g/mol. The number of Topliss-reactive ketones (excluding diaryl/α,β-unsaturated/α-hetero) is 1. The molecule has 0 aliphatic carbocycles. The molecule has 2 amide bonds. The van der Waals surface area contributed by atoms with Gasteiger partial charge in [-0.05, 0) is 81.4 Å². The first kappa shape index (κ1) is 24.4. The van der Waals surface area contributed by atoms with Crippen molar-refractivity contribution in [2.45, 2.75) is 38.6 Å². The second kappa shape index (κ2) is 11.6. The number of urea groups is 1. The number of halogens is 1. The van der Waals surface area contributed by atoms with E-state index in [0.717, 1.165) is 52.0 Å². The average Bonchev–Trinajstić information content (AvgIpc) is 2.82. The van der Waals surface area contributed by atoms with E-state index in [4.69, 9.17) is 0 Å². The molecule has 0 saturated carbocycles. The number of amides is 2. The summed E-state index contributed by atoms with van der Waals surface area (Å²) in [5.74, 6) is 0.682. The molecule has 0 radical (unpaired) electrons. The number of anilines is 1. The Balaban J connectivity index is 1.30. The summed E-state index contributed by atoms with van der Waals surface area (Å²) in [4.78, 5) is 26.9. The summed E-state index contributed by atoms with van der Waals surface area (Å²) in [5, 5.41) is 9.54. The van der Waals surface area contributed by atoms with Crippen molar-refractivity contribution in [2.24, 2.45) is 11.8 Å². The van der Waals surface area contributed by atoms with Crippen LogP contribution >= 0.6 is 0 Å². The van der Waals surface area contributed by atoms with Crippen LogP contribution in [-0.2, 0) is 6.42 Å². The lowest BCUT2D eigenvalue weighted by molar-refractivity contribution is 0.101. The summed E-state index contributed by atoms with van der Waals surface area (Å²) in [6.45, 7) is 6.33. The third-order valence-electron chi connectivity index (χ3n) is 6.98. The van der Waals surface area contributed by atoms with Gasteiger partial charge in [0.25, 0.3) is 0 Å². The Morgan fingerprint density at radius 3 is 2.76 bits per heavy atom. The largest absolute Gasteiger partial charge is 0.335 e. The van der Waals surface area contributed by atoms with Gasteiger partial charge in [0, 0.05) is 42.8 Å². The molecular weight excluding hydrogens is 431 g/mol. The quantitative estimate of drug-likeness (QED) is 0.538. The highest BCUT2D eigenvalue weighted by Crippen LogP contribution is 2.23. The fourth-order valence-corrected chi connectivity index (χ4v) is 5.23. The summed E-state index contributed by atoms with van der Waals surface area (Å²) < 4.78 is 13.2. The molecule has 1 unspecified atom stereocenters. The molecule has 4 rings (SSSR count). The van der Waals surface area contributed by atoms with E-state index < -0.39 is 0 Å². The van der Waals surface area contributed by atoms with E-state index >= 15 is 0 Å². The van der Waals surface area contributed by atoms with Crippen LogP contribution in [0.3, 0.4) is 0 Å². The fourth-order valence-electron chi connectivity index (χ4n) is 5.23. The highest BCUT2D eigenvalue weighted by molar-refractivity contribution is 5.96. The first-order chi connectivity index (χ1) is 16.5. The SMILES string of the molecule is CC(=O)c1cccc(NC(=O)N[C@@H]2CCNC[C@@H]2CN2CCCC(Cc3ccc(F)cc3)C2)c1. The molecular formula is C27H35FN4O2. The molecule has 0 spiro atoms. The number of nitrogens with one attached hydrogen (secondary N) is 3. The van der Waals surface area contributed by atoms with Crippen LogP contribution in [-0.4, -0.2) is 55.5 Å². The Morgan fingerprint density at radius 2 is 1.97 bits per heavy atom. The molecule has 3 atom stereocenters. The standard InChI is InChI=1S/C27H35FN4O2/c1-19(33)22-5-2-6-25(15-22)30-27(34)31-26-11-12-29-16-23(26)18-32-13-3-4-21(17-32)14-20-7-9-24(28)10-8-20/h2,5-10,15,21,23,26,29H,3-4,11-14,16-18H2,1H3,(H2,30,31,34)/t21?,23-,26-/m1/s1. The zero-order chi connectivity index (χ0) is 23.9. The van der Waals surface area contributed by atoms with E-state index in [1.54, 1.807) is 36.4 Å². The number of likely N-dealkylation sites (tertiary alicyclic amines) is 1. The fraction of sp³-hybridized carbons (Fsp3) is 0.481. The minimum atomic E-state index is -0.231. The molecule has 2 aliphatic heterocycles. The van der Waals surface area contributed by atoms with E-state index in [1.165, 1.54) is 18.9 Å². The first-order valence-electron chi connectivity index (χ1n) is 12.3. The van der Waals surface area contributed by atoms with Gasteiger partial charge in [-0.25, -0.2) is 9.18 Å². The van der Waals surface area contributed by atoms with Crippen LogP contribution in [0.5, 0.6) is 0 Å². The van der Waals surface area contributed by atoms with E-state index in [1.807, 2.05) is 12.1 Å². The molecule has 34 heavy (non-hydrogen) atoms. The lowest BCUT2D eigenvalue weighted by atomic mass is 9.88. The number of hydrogen-bond acceptors (Lipinski definition) is 4. The summed E-state index contributed by atoms with van der Waals surface area (Å²) in [6, 6.07) is 13.8. The maximum atomic E-state index is 13.2. The van der Waals surface area contributed by atoms with E-state index in [0.29, 0.717) is 23.1 Å². The van der Waals surface area contributed by atoms with Crippen molar-refractivity contribution in [3.8, 4) is 0 Å². The molecule has 6 nitrogen and oxygen atoms in total. The highest BCUT2D eigenvalue weighted by atomic mass is 19.1. The Kier molecular flexibility index (Phi) is 8.29. The number of piperidine rings is 2. The summed E-state index contributed by atoms with van der Waals surface area (Å²) >= 11 is 0. The van der Waals surface area contributed by atoms with Crippen LogP contribution in [0.2, 0.25) is 0 Å². The van der Waals surface area contributed by atoms with Crippen molar-refractivity contribution in [3.05, 3.63) is 65.5 Å². The van der Waals surface area contributed by atoms with Crippen molar-refractivity contribution in [1.82, 2.24) is 15.5 Å². The lowest BCUT2D eigenvalue weighted by Gasteiger charge is -2.39. The third kappa shape index (κ3) is 6.87. The molecule has 182 valence electrons. The van der Waals surface area contributed by atoms with Gasteiger partial charge in [0.05, 0.1) is 0 Å². The van der Waals surface area contributed by atoms with Crippen LogP contribution in [0.1, 0.15) is 42.1 Å².